The van der Waals surface area contributed by atoms with E-state index < -0.39 is 0 Å². The number of nitrogens with one attached hydrogen (secondary N) is 1. The maximum absolute atomic E-state index is 12.6. The minimum atomic E-state index is -0.178. The molecule has 1 fully saturated rings. The number of hydrazine groups is 1. The zero-order valence-electron chi connectivity index (χ0n) is 12.8. The van der Waals surface area contributed by atoms with Gasteiger partial charge in [0, 0.05) is 26.1 Å². The molecule has 3 N–H and O–H groups in total. The van der Waals surface area contributed by atoms with Crippen LogP contribution >= 0.6 is 0 Å². The van der Waals surface area contributed by atoms with Crippen LogP contribution in [0, 0.1) is 0 Å². The predicted molar refractivity (Wildman–Crippen MR) is 79.9 cm³/mol. The molecule has 2 heterocycles. The van der Waals surface area contributed by atoms with Crippen LogP contribution in [-0.4, -0.2) is 47.1 Å². The predicted octanol–water partition coefficient (Wildman–Crippen LogP) is 1.14. The van der Waals surface area contributed by atoms with E-state index >= 15 is 0 Å². The van der Waals surface area contributed by atoms with Crippen LogP contribution in [0.1, 0.15) is 48.9 Å². The van der Waals surface area contributed by atoms with Crippen molar-refractivity contribution < 1.29 is 9.53 Å². The van der Waals surface area contributed by atoms with Gasteiger partial charge in [0.25, 0.3) is 5.91 Å². The lowest BCUT2D eigenvalue weighted by molar-refractivity contribution is 0.0583. The number of aromatic nitrogens is 2. The van der Waals surface area contributed by atoms with E-state index in [9.17, 15) is 4.79 Å². The molecule has 21 heavy (non-hydrogen) atoms. The number of amides is 1. The van der Waals surface area contributed by atoms with Crippen molar-refractivity contribution in [3.8, 4) is 0 Å². The second-order valence-corrected chi connectivity index (χ2v) is 5.61. The average molecular weight is 293 g/mol. The van der Waals surface area contributed by atoms with E-state index in [2.05, 4.69) is 15.4 Å². The smallest absolute Gasteiger partial charge is 0.274 e. The van der Waals surface area contributed by atoms with Crippen LogP contribution in [0.4, 0.5) is 5.69 Å². The topological polar surface area (TPSA) is 93.4 Å². The van der Waals surface area contributed by atoms with Crippen molar-refractivity contribution >= 4 is 11.6 Å². The van der Waals surface area contributed by atoms with E-state index in [1.807, 2.05) is 13.8 Å². The Hall–Kier alpha value is -1.73. The first-order chi connectivity index (χ1) is 10.0. The molecule has 2 rings (SSSR count). The van der Waals surface area contributed by atoms with Gasteiger partial charge in [-0.1, -0.05) is 13.8 Å². The molecule has 1 amide bonds. The molecule has 1 atom stereocenters. The lowest BCUT2D eigenvalue weighted by Gasteiger charge is -2.21. The first-order valence-electron chi connectivity index (χ1n) is 7.23. The third-order valence-electron chi connectivity index (χ3n) is 3.53. The molecule has 1 aliphatic heterocycles. The zero-order valence-corrected chi connectivity index (χ0v) is 12.8. The van der Waals surface area contributed by atoms with Crippen LogP contribution in [0.5, 0.6) is 0 Å². The molecule has 1 unspecified atom stereocenters. The summed E-state index contributed by atoms with van der Waals surface area (Å²) in [7, 11) is 1.75. The number of likely N-dealkylation sites (N-methyl/N-ethyl adjacent to an activating group) is 1. The van der Waals surface area contributed by atoms with Crippen molar-refractivity contribution in [3.63, 3.8) is 0 Å². The third kappa shape index (κ3) is 3.68. The molecule has 1 saturated heterocycles. The van der Waals surface area contributed by atoms with Crippen LogP contribution in [0.15, 0.2) is 6.20 Å². The lowest BCUT2D eigenvalue weighted by Crippen LogP contribution is -2.35. The third-order valence-corrected chi connectivity index (χ3v) is 3.53. The first-order valence-corrected chi connectivity index (χ1v) is 7.23. The number of nitrogens with zero attached hydrogens (tertiary/aromatic N) is 3. The number of nitrogens with two attached hydrogens (primary N) is 1. The highest BCUT2D eigenvalue weighted by Crippen LogP contribution is 2.18. The van der Waals surface area contributed by atoms with E-state index in [4.69, 9.17) is 10.6 Å². The Morgan fingerprint density at radius 2 is 2.38 bits per heavy atom. The summed E-state index contributed by atoms with van der Waals surface area (Å²) in [5, 5.41) is 0. The molecule has 0 aliphatic carbocycles. The van der Waals surface area contributed by atoms with E-state index in [1.54, 1.807) is 18.1 Å². The van der Waals surface area contributed by atoms with Gasteiger partial charge < -0.3 is 15.1 Å². The molecule has 0 radical (unpaired) electrons. The summed E-state index contributed by atoms with van der Waals surface area (Å²) in [5.41, 5.74) is 3.22. The van der Waals surface area contributed by atoms with Crippen molar-refractivity contribution in [2.45, 2.75) is 38.7 Å². The minimum Gasteiger partial charge on any atom is -0.376 e. The molecule has 7 heteroatoms. The second-order valence-electron chi connectivity index (χ2n) is 5.61. The maximum Gasteiger partial charge on any atom is 0.274 e. The van der Waals surface area contributed by atoms with Crippen LogP contribution in [0.2, 0.25) is 0 Å². The Morgan fingerprint density at radius 3 is 2.95 bits per heavy atom. The van der Waals surface area contributed by atoms with Gasteiger partial charge in [-0.25, -0.2) is 9.97 Å². The van der Waals surface area contributed by atoms with Crippen molar-refractivity contribution in [1.82, 2.24) is 14.9 Å². The Morgan fingerprint density at radius 1 is 1.62 bits per heavy atom. The molecule has 1 aliphatic rings. The summed E-state index contributed by atoms with van der Waals surface area (Å²) in [6.07, 6.45) is 3.70. The van der Waals surface area contributed by atoms with Gasteiger partial charge in [0.05, 0.1) is 18.0 Å². The van der Waals surface area contributed by atoms with Crippen LogP contribution in [0.3, 0.4) is 0 Å². The molecule has 1 aromatic heterocycles. The largest absolute Gasteiger partial charge is 0.376 e. The van der Waals surface area contributed by atoms with E-state index in [0.29, 0.717) is 23.8 Å². The van der Waals surface area contributed by atoms with Gasteiger partial charge in [0.1, 0.15) is 5.82 Å². The fourth-order valence-electron chi connectivity index (χ4n) is 2.30. The maximum atomic E-state index is 12.6. The molecule has 0 aromatic carbocycles. The van der Waals surface area contributed by atoms with Crippen molar-refractivity contribution in [2.24, 2.45) is 5.84 Å². The average Bonchev–Trinajstić information content (AvgIpc) is 2.98. The summed E-state index contributed by atoms with van der Waals surface area (Å²) in [6.45, 7) is 5.29. The number of rotatable bonds is 5. The summed E-state index contributed by atoms with van der Waals surface area (Å²) in [5.74, 6) is 6.05. The minimum absolute atomic E-state index is 0.111. The first kappa shape index (κ1) is 15.7. The van der Waals surface area contributed by atoms with Gasteiger partial charge in [-0.2, -0.15) is 0 Å². The molecule has 0 spiro atoms. The Balaban J connectivity index is 2.17. The van der Waals surface area contributed by atoms with Gasteiger partial charge in [-0.05, 0) is 12.8 Å². The molecule has 7 nitrogen and oxygen atoms in total. The molecule has 0 saturated carbocycles. The number of carbonyl (C=O) groups is 1. The molecule has 0 bridgehead atoms. The highest BCUT2D eigenvalue weighted by atomic mass is 16.5. The quantitative estimate of drug-likeness (QED) is 0.624. The summed E-state index contributed by atoms with van der Waals surface area (Å²) in [6, 6.07) is 0. The standard InChI is InChI=1S/C14H23N5O2/c1-9(2)13-16-7-11(18-15)12(17-13)14(20)19(3)8-10-5-4-6-21-10/h7,9-10,18H,4-6,8,15H2,1-3H3. The molecular formula is C14H23N5O2. The SMILES string of the molecule is CC(C)c1ncc(NN)c(C(=O)N(C)CC2CCCO2)n1. The van der Waals surface area contributed by atoms with E-state index in [1.165, 1.54) is 0 Å². The Bertz CT molecular complexity index is 500. The van der Waals surface area contributed by atoms with Gasteiger partial charge in [0.2, 0.25) is 0 Å². The summed E-state index contributed by atoms with van der Waals surface area (Å²) in [4.78, 5) is 22.8. The van der Waals surface area contributed by atoms with Crippen molar-refractivity contribution in [1.29, 1.82) is 0 Å². The van der Waals surface area contributed by atoms with E-state index in [0.717, 1.165) is 19.4 Å². The number of ether oxygens (including phenoxy) is 1. The number of carbonyl (C=O) groups excluding carboxylic acids is 1. The zero-order chi connectivity index (χ0) is 15.4. The van der Waals surface area contributed by atoms with Gasteiger partial charge in [-0.15, -0.1) is 0 Å². The number of anilines is 1. The van der Waals surface area contributed by atoms with Gasteiger partial charge in [-0.3, -0.25) is 10.6 Å². The molecular weight excluding hydrogens is 270 g/mol. The molecule has 116 valence electrons. The second kappa shape index (κ2) is 6.82. The Kier molecular flexibility index (Phi) is 5.08. The summed E-state index contributed by atoms with van der Waals surface area (Å²) < 4.78 is 5.56. The fraction of sp³-hybridized carbons (Fsp3) is 0.643. The van der Waals surface area contributed by atoms with Crippen molar-refractivity contribution in [2.75, 3.05) is 25.6 Å². The lowest BCUT2D eigenvalue weighted by atomic mass is 10.2. The van der Waals surface area contributed by atoms with Crippen LogP contribution in [0.25, 0.3) is 0 Å². The number of hydrogen-bond donors (Lipinski definition) is 2. The molecule has 1 aromatic rings. The number of nitrogen functional groups attached to an aromatic ring is 1. The van der Waals surface area contributed by atoms with Crippen LogP contribution < -0.4 is 11.3 Å². The van der Waals surface area contributed by atoms with Gasteiger partial charge >= 0.3 is 0 Å². The number of hydrogen-bond acceptors (Lipinski definition) is 6. The van der Waals surface area contributed by atoms with Crippen molar-refractivity contribution in [3.05, 3.63) is 17.7 Å². The van der Waals surface area contributed by atoms with Gasteiger partial charge in [0.15, 0.2) is 5.69 Å². The van der Waals surface area contributed by atoms with Crippen LogP contribution in [-0.2, 0) is 4.74 Å². The summed E-state index contributed by atoms with van der Waals surface area (Å²) >= 11 is 0. The Labute approximate surface area is 124 Å². The van der Waals surface area contributed by atoms with E-state index in [-0.39, 0.29) is 17.9 Å². The highest BCUT2D eigenvalue weighted by Gasteiger charge is 2.24. The monoisotopic (exact) mass is 293 g/mol. The fourth-order valence-corrected chi connectivity index (χ4v) is 2.30. The highest BCUT2D eigenvalue weighted by molar-refractivity contribution is 5.97. The normalized spacial score (nSPS) is 18.0.